The lowest BCUT2D eigenvalue weighted by Crippen LogP contribution is -2.25. The Balaban J connectivity index is 2.95. The van der Waals surface area contributed by atoms with E-state index in [0.29, 0.717) is 6.61 Å². The minimum atomic E-state index is -0.346. The maximum atomic E-state index is 9.49. The Kier molecular flexibility index (Phi) is 4.56. The fraction of sp³-hybridized carbons (Fsp3) is 0.429. The highest BCUT2D eigenvalue weighted by atomic mass is 16.5. The molecule has 0 aliphatic heterocycles. The van der Waals surface area contributed by atoms with E-state index in [9.17, 15) is 5.11 Å². The van der Waals surface area contributed by atoms with Crippen LogP contribution in [0.1, 0.15) is 32.3 Å². The lowest BCUT2D eigenvalue weighted by atomic mass is 9.91. The summed E-state index contributed by atoms with van der Waals surface area (Å²) in [5, 5.41) is 9.49. The second kappa shape index (κ2) is 5.71. The predicted molar refractivity (Wildman–Crippen MR) is 66.5 cm³/mol. The topological polar surface area (TPSA) is 29.5 Å². The van der Waals surface area contributed by atoms with Gasteiger partial charge >= 0.3 is 0 Å². The van der Waals surface area contributed by atoms with E-state index in [-0.39, 0.29) is 11.4 Å². The second-order valence-corrected chi connectivity index (χ2v) is 4.13. The zero-order chi connectivity index (χ0) is 12.0. The van der Waals surface area contributed by atoms with Gasteiger partial charge in [0.1, 0.15) is 5.75 Å². The Morgan fingerprint density at radius 1 is 1.50 bits per heavy atom. The van der Waals surface area contributed by atoms with Gasteiger partial charge in [-0.15, -0.1) is 6.58 Å². The first-order valence-corrected chi connectivity index (χ1v) is 5.66. The van der Waals surface area contributed by atoms with Gasteiger partial charge in [0, 0.05) is 0 Å². The van der Waals surface area contributed by atoms with Gasteiger partial charge in [0.05, 0.1) is 12.2 Å². The SMILES string of the molecule is C=CCOC(C)(CCC)c1cccc(O)c1. The van der Waals surface area contributed by atoms with Gasteiger partial charge in [-0.2, -0.15) is 0 Å². The number of aromatic hydroxyl groups is 1. The summed E-state index contributed by atoms with van der Waals surface area (Å²) in [6, 6.07) is 7.26. The summed E-state index contributed by atoms with van der Waals surface area (Å²) in [5.74, 6) is 0.280. The highest BCUT2D eigenvalue weighted by Crippen LogP contribution is 2.32. The number of rotatable bonds is 6. The van der Waals surface area contributed by atoms with Crippen molar-refractivity contribution in [2.75, 3.05) is 6.61 Å². The Morgan fingerprint density at radius 3 is 2.81 bits per heavy atom. The molecule has 1 aromatic rings. The van der Waals surface area contributed by atoms with Crippen LogP contribution in [0, 0.1) is 0 Å². The van der Waals surface area contributed by atoms with Crippen molar-refractivity contribution < 1.29 is 9.84 Å². The van der Waals surface area contributed by atoms with Crippen LogP contribution in [0.5, 0.6) is 5.75 Å². The van der Waals surface area contributed by atoms with Crippen molar-refractivity contribution in [3.63, 3.8) is 0 Å². The molecule has 16 heavy (non-hydrogen) atoms. The maximum absolute atomic E-state index is 9.49. The molecular formula is C14H20O2. The van der Waals surface area contributed by atoms with Gasteiger partial charge in [-0.05, 0) is 31.0 Å². The number of hydrogen-bond donors (Lipinski definition) is 1. The van der Waals surface area contributed by atoms with Crippen molar-refractivity contribution in [3.05, 3.63) is 42.5 Å². The number of hydrogen-bond acceptors (Lipinski definition) is 2. The molecule has 0 aromatic heterocycles. The molecule has 2 nitrogen and oxygen atoms in total. The van der Waals surface area contributed by atoms with Gasteiger partial charge in [0.15, 0.2) is 0 Å². The summed E-state index contributed by atoms with van der Waals surface area (Å²) in [6.07, 6.45) is 3.70. The van der Waals surface area contributed by atoms with Gasteiger partial charge in [-0.1, -0.05) is 31.6 Å². The fourth-order valence-corrected chi connectivity index (χ4v) is 1.85. The van der Waals surface area contributed by atoms with Crippen molar-refractivity contribution in [2.24, 2.45) is 0 Å². The number of benzene rings is 1. The van der Waals surface area contributed by atoms with Crippen LogP contribution in [0.3, 0.4) is 0 Å². The second-order valence-electron chi connectivity index (χ2n) is 4.13. The van der Waals surface area contributed by atoms with Crippen LogP contribution in [0.15, 0.2) is 36.9 Å². The average Bonchev–Trinajstić information content (AvgIpc) is 2.27. The van der Waals surface area contributed by atoms with E-state index >= 15 is 0 Å². The van der Waals surface area contributed by atoms with Crippen molar-refractivity contribution in [1.82, 2.24) is 0 Å². The van der Waals surface area contributed by atoms with Crippen molar-refractivity contribution >= 4 is 0 Å². The smallest absolute Gasteiger partial charge is 0.115 e. The molecule has 0 amide bonds. The first-order chi connectivity index (χ1) is 7.62. The van der Waals surface area contributed by atoms with Crippen molar-refractivity contribution in [1.29, 1.82) is 0 Å². The molecule has 0 saturated heterocycles. The molecule has 0 radical (unpaired) electrons. The van der Waals surface area contributed by atoms with Crippen LogP contribution in [-0.2, 0) is 10.3 Å². The molecule has 0 fully saturated rings. The third kappa shape index (κ3) is 3.11. The minimum Gasteiger partial charge on any atom is -0.508 e. The first-order valence-electron chi connectivity index (χ1n) is 5.66. The van der Waals surface area contributed by atoms with E-state index in [0.717, 1.165) is 18.4 Å². The van der Waals surface area contributed by atoms with Crippen molar-refractivity contribution in [2.45, 2.75) is 32.3 Å². The summed E-state index contributed by atoms with van der Waals surface area (Å²) >= 11 is 0. The fourth-order valence-electron chi connectivity index (χ4n) is 1.85. The molecule has 2 heteroatoms. The first kappa shape index (κ1) is 12.8. The predicted octanol–water partition coefficient (Wildman–Crippen LogP) is 3.61. The third-order valence-corrected chi connectivity index (χ3v) is 2.70. The van der Waals surface area contributed by atoms with Crippen LogP contribution < -0.4 is 0 Å². The van der Waals surface area contributed by atoms with Gasteiger partial charge in [0.2, 0.25) is 0 Å². The van der Waals surface area contributed by atoms with Gasteiger partial charge in [-0.3, -0.25) is 0 Å². The Labute approximate surface area is 97.6 Å². The summed E-state index contributed by atoms with van der Waals surface area (Å²) in [5.41, 5.74) is 0.665. The Bertz CT molecular complexity index is 346. The van der Waals surface area contributed by atoms with Crippen LogP contribution in [-0.4, -0.2) is 11.7 Å². The highest BCUT2D eigenvalue weighted by Gasteiger charge is 2.26. The Hall–Kier alpha value is -1.28. The molecule has 0 saturated carbocycles. The Morgan fingerprint density at radius 2 is 2.25 bits per heavy atom. The summed E-state index contributed by atoms with van der Waals surface area (Å²) in [7, 11) is 0. The standard InChI is InChI=1S/C14H20O2/c1-4-9-14(3,16-10-5-2)12-7-6-8-13(15)11-12/h5-8,11,15H,2,4,9-10H2,1,3H3. The third-order valence-electron chi connectivity index (χ3n) is 2.70. The molecule has 0 aliphatic carbocycles. The molecule has 1 N–H and O–H groups in total. The molecule has 88 valence electrons. The molecule has 1 unspecified atom stereocenters. The quantitative estimate of drug-likeness (QED) is 0.742. The molecular weight excluding hydrogens is 200 g/mol. The van der Waals surface area contributed by atoms with Gasteiger partial charge in [-0.25, -0.2) is 0 Å². The van der Waals surface area contributed by atoms with Gasteiger partial charge in [0.25, 0.3) is 0 Å². The molecule has 0 spiro atoms. The van der Waals surface area contributed by atoms with Crippen LogP contribution in [0.2, 0.25) is 0 Å². The van der Waals surface area contributed by atoms with Crippen LogP contribution in [0.4, 0.5) is 0 Å². The highest BCUT2D eigenvalue weighted by molar-refractivity contribution is 5.31. The van der Waals surface area contributed by atoms with Crippen LogP contribution >= 0.6 is 0 Å². The number of ether oxygens (including phenoxy) is 1. The van der Waals surface area contributed by atoms with Gasteiger partial charge < -0.3 is 9.84 Å². The number of phenolic OH excluding ortho intramolecular Hbond substituents is 1. The van der Waals surface area contributed by atoms with E-state index in [1.165, 1.54) is 0 Å². The van der Waals surface area contributed by atoms with E-state index in [1.54, 1.807) is 18.2 Å². The van der Waals surface area contributed by atoms with E-state index in [1.807, 2.05) is 12.1 Å². The monoisotopic (exact) mass is 220 g/mol. The summed E-state index contributed by atoms with van der Waals surface area (Å²) in [6.45, 7) is 8.35. The normalized spacial score (nSPS) is 14.4. The lowest BCUT2D eigenvalue weighted by Gasteiger charge is -2.30. The van der Waals surface area contributed by atoms with E-state index < -0.39 is 0 Å². The zero-order valence-electron chi connectivity index (χ0n) is 10.1. The van der Waals surface area contributed by atoms with Crippen molar-refractivity contribution in [3.8, 4) is 5.75 Å². The lowest BCUT2D eigenvalue weighted by molar-refractivity contribution is -0.0280. The molecule has 0 aliphatic rings. The molecule has 1 rings (SSSR count). The average molecular weight is 220 g/mol. The zero-order valence-corrected chi connectivity index (χ0v) is 10.1. The minimum absolute atomic E-state index is 0.280. The van der Waals surface area contributed by atoms with Crippen LogP contribution in [0.25, 0.3) is 0 Å². The van der Waals surface area contributed by atoms with E-state index in [4.69, 9.17) is 4.74 Å². The molecule has 0 bridgehead atoms. The summed E-state index contributed by atoms with van der Waals surface area (Å²) in [4.78, 5) is 0. The number of phenols is 1. The maximum Gasteiger partial charge on any atom is 0.115 e. The largest absolute Gasteiger partial charge is 0.508 e. The molecule has 1 atom stereocenters. The molecule has 0 heterocycles. The van der Waals surface area contributed by atoms with E-state index in [2.05, 4.69) is 20.4 Å². The molecule has 1 aromatic carbocycles. The summed E-state index contributed by atoms with van der Waals surface area (Å²) < 4.78 is 5.83.